The number of ether oxygens (including phenoxy) is 1. The van der Waals surface area contributed by atoms with Gasteiger partial charge < -0.3 is 10.1 Å². The van der Waals surface area contributed by atoms with Crippen molar-refractivity contribution in [2.45, 2.75) is 51.5 Å². The van der Waals surface area contributed by atoms with Crippen LogP contribution in [-0.4, -0.2) is 25.8 Å². The number of hydrogen-bond donors (Lipinski definition) is 1. The Balaban J connectivity index is 1.78. The van der Waals surface area contributed by atoms with Gasteiger partial charge >= 0.3 is 0 Å². The SMILES string of the molecule is CCCCOCCCC1CCCN1. The van der Waals surface area contributed by atoms with Gasteiger partial charge in [0, 0.05) is 19.3 Å². The molecule has 78 valence electrons. The molecule has 0 radical (unpaired) electrons. The first-order valence-corrected chi connectivity index (χ1v) is 5.74. The fourth-order valence-corrected chi connectivity index (χ4v) is 1.78. The lowest BCUT2D eigenvalue weighted by Crippen LogP contribution is -2.21. The van der Waals surface area contributed by atoms with E-state index in [2.05, 4.69) is 12.2 Å². The molecular weight excluding hydrogens is 162 g/mol. The molecule has 0 aromatic carbocycles. The molecule has 2 heteroatoms. The van der Waals surface area contributed by atoms with Gasteiger partial charge in [-0.15, -0.1) is 0 Å². The van der Waals surface area contributed by atoms with Gasteiger partial charge in [-0.1, -0.05) is 13.3 Å². The van der Waals surface area contributed by atoms with Crippen molar-refractivity contribution in [2.24, 2.45) is 0 Å². The van der Waals surface area contributed by atoms with Crippen molar-refractivity contribution in [1.82, 2.24) is 5.32 Å². The Bertz CT molecular complexity index is 111. The minimum Gasteiger partial charge on any atom is -0.381 e. The summed E-state index contributed by atoms with van der Waals surface area (Å²) in [6.45, 7) is 5.33. The van der Waals surface area contributed by atoms with Crippen LogP contribution in [0.3, 0.4) is 0 Å². The summed E-state index contributed by atoms with van der Waals surface area (Å²) in [5, 5.41) is 3.50. The summed E-state index contributed by atoms with van der Waals surface area (Å²) >= 11 is 0. The molecule has 1 aliphatic rings. The highest BCUT2D eigenvalue weighted by Crippen LogP contribution is 2.10. The highest BCUT2D eigenvalue weighted by molar-refractivity contribution is 4.73. The quantitative estimate of drug-likeness (QED) is 0.615. The summed E-state index contributed by atoms with van der Waals surface area (Å²) in [5.74, 6) is 0. The average Bonchev–Trinajstić information content (AvgIpc) is 2.63. The molecule has 0 bridgehead atoms. The van der Waals surface area contributed by atoms with E-state index in [0.29, 0.717) is 0 Å². The Hall–Kier alpha value is -0.0800. The van der Waals surface area contributed by atoms with Gasteiger partial charge in [0.2, 0.25) is 0 Å². The molecule has 1 unspecified atom stereocenters. The van der Waals surface area contributed by atoms with E-state index < -0.39 is 0 Å². The monoisotopic (exact) mass is 185 g/mol. The van der Waals surface area contributed by atoms with Crippen LogP contribution in [0.2, 0.25) is 0 Å². The van der Waals surface area contributed by atoms with E-state index in [4.69, 9.17) is 4.74 Å². The molecule has 0 spiro atoms. The van der Waals surface area contributed by atoms with E-state index in [1.807, 2.05) is 0 Å². The van der Waals surface area contributed by atoms with E-state index in [9.17, 15) is 0 Å². The minimum atomic E-state index is 0.787. The fourth-order valence-electron chi connectivity index (χ4n) is 1.78. The first-order valence-electron chi connectivity index (χ1n) is 5.74. The Morgan fingerprint density at radius 3 is 2.85 bits per heavy atom. The standard InChI is InChI=1S/C11H23NO/c1-2-3-9-13-10-5-7-11-6-4-8-12-11/h11-12H,2-10H2,1H3. The average molecular weight is 185 g/mol. The number of rotatable bonds is 7. The maximum atomic E-state index is 5.51. The third kappa shape index (κ3) is 5.27. The zero-order chi connectivity index (χ0) is 9.36. The van der Waals surface area contributed by atoms with Gasteiger partial charge in [-0.3, -0.25) is 0 Å². The van der Waals surface area contributed by atoms with Crippen LogP contribution in [0.1, 0.15) is 45.4 Å². The van der Waals surface area contributed by atoms with Crippen molar-refractivity contribution in [3.05, 3.63) is 0 Å². The van der Waals surface area contributed by atoms with Crippen molar-refractivity contribution in [2.75, 3.05) is 19.8 Å². The second-order valence-electron chi connectivity index (χ2n) is 3.90. The second-order valence-corrected chi connectivity index (χ2v) is 3.90. The van der Waals surface area contributed by atoms with E-state index in [-0.39, 0.29) is 0 Å². The third-order valence-electron chi connectivity index (χ3n) is 2.65. The summed E-state index contributed by atoms with van der Waals surface area (Å²) < 4.78 is 5.51. The molecule has 1 rings (SSSR count). The molecule has 1 aliphatic heterocycles. The molecule has 1 heterocycles. The number of unbranched alkanes of at least 4 members (excludes halogenated alkanes) is 1. The van der Waals surface area contributed by atoms with Crippen LogP contribution < -0.4 is 5.32 Å². The Kier molecular flexibility index (Phi) is 6.21. The molecule has 0 aromatic heterocycles. The van der Waals surface area contributed by atoms with Crippen molar-refractivity contribution in [1.29, 1.82) is 0 Å². The van der Waals surface area contributed by atoms with Gasteiger partial charge in [0.1, 0.15) is 0 Å². The second kappa shape index (κ2) is 7.34. The highest BCUT2D eigenvalue weighted by Gasteiger charge is 2.12. The first kappa shape index (κ1) is 11.0. The molecule has 0 saturated carbocycles. The first-order chi connectivity index (χ1) is 6.43. The van der Waals surface area contributed by atoms with Crippen LogP contribution in [0.25, 0.3) is 0 Å². The third-order valence-corrected chi connectivity index (χ3v) is 2.65. The normalized spacial score (nSPS) is 22.4. The molecule has 1 saturated heterocycles. The molecule has 0 amide bonds. The molecule has 1 N–H and O–H groups in total. The van der Waals surface area contributed by atoms with Gasteiger partial charge in [-0.2, -0.15) is 0 Å². The lowest BCUT2D eigenvalue weighted by Gasteiger charge is -2.09. The van der Waals surface area contributed by atoms with E-state index >= 15 is 0 Å². The molecule has 0 aliphatic carbocycles. The minimum absolute atomic E-state index is 0.787. The Labute approximate surface area is 82.0 Å². The molecule has 1 atom stereocenters. The predicted molar refractivity (Wildman–Crippen MR) is 56.0 cm³/mol. The van der Waals surface area contributed by atoms with Crippen LogP contribution in [0.4, 0.5) is 0 Å². The summed E-state index contributed by atoms with van der Waals surface area (Å²) in [4.78, 5) is 0. The summed E-state index contributed by atoms with van der Waals surface area (Å²) in [7, 11) is 0. The van der Waals surface area contributed by atoms with E-state index in [1.165, 1.54) is 45.1 Å². The predicted octanol–water partition coefficient (Wildman–Crippen LogP) is 2.34. The highest BCUT2D eigenvalue weighted by atomic mass is 16.5. The zero-order valence-corrected chi connectivity index (χ0v) is 8.85. The van der Waals surface area contributed by atoms with Gasteiger partial charge in [0.25, 0.3) is 0 Å². The smallest absolute Gasteiger partial charge is 0.0466 e. The summed E-state index contributed by atoms with van der Waals surface area (Å²) in [5.41, 5.74) is 0. The number of nitrogens with one attached hydrogen (secondary N) is 1. The maximum Gasteiger partial charge on any atom is 0.0466 e. The van der Waals surface area contributed by atoms with Gasteiger partial charge in [-0.25, -0.2) is 0 Å². The maximum absolute atomic E-state index is 5.51. The molecular formula is C11H23NO. The van der Waals surface area contributed by atoms with Crippen molar-refractivity contribution in [3.8, 4) is 0 Å². The van der Waals surface area contributed by atoms with Gasteiger partial charge in [0.05, 0.1) is 0 Å². The lowest BCUT2D eigenvalue weighted by molar-refractivity contribution is 0.126. The van der Waals surface area contributed by atoms with Crippen molar-refractivity contribution >= 4 is 0 Å². The molecule has 2 nitrogen and oxygen atoms in total. The molecule has 1 fully saturated rings. The van der Waals surface area contributed by atoms with Crippen LogP contribution in [0, 0.1) is 0 Å². The van der Waals surface area contributed by atoms with Gasteiger partial charge in [0.15, 0.2) is 0 Å². The zero-order valence-electron chi connectivity index (χ0n) is 8.85. The van der Waals surface area contributed by atoms with Crippen LogP contribution in [0.15, 0.2) is 0 Å². The van der Waals surface area contributed by atoms with Crippen molar-refractivity contribution < 1.29 is 4.74 Å². The van der Waals surface area contributed by atoms with E-state index in [0.717, 1.165) is 19.3 Å². The largest absolute Gasteiger partial charge is 0.381 e. The van der Waals surface area contributed by atoms with Crippen LogP contribution >= 0.6 is 0 Å². The number of hydrogen-bond acceptors (Lipinski definition) is 2. The summed E-state index contributed by atoms with van der Waals surface area (Å²) in [6.07, 6.45) is 7.70. The molecule has 0 aromatic rings. The van der Waals surface area contributed by atoms with Crippen molar-refractivity contribution in [3.63, 3.8) is 0 Å². The Morgan fingerprint density at radius 1 is 1.31 bits per heavy atom. The Morgan fingerprint density at radius 2 is 2.15 bits per heavy atom. The van der Waals surface area contributed by atoms with E-state index in [1.54, 1.807) is 0 Å². The summed E-state index contributed by atoms with van der Waals surface area (Å²) in [6, 6.07) is 0.787. The molecule has 13 heavy (non-hydrogen) atoms. The van der Waals surface area contributed by atoms with Crippen LogP contribution in [0.5, 0.6) is 0 Å². The lowest BCUT2D eigenvalue weighted by atomic mass is 10.1. The topological polar surface area (TPSA) is 21.3 Å². The fraction of sp³-hybridized carbons (Fsp3) is 1.00. The van der Waals surface area contributed by atoms with Gasteiger partial charge in [-0.05, 0) is 38.6 Å². The van der Waals surface area contributed by atoms with Crippen LogP contribution in [-0.2, 0) is 4.74 Å².